The van der Waals surface area contributed by atoms with E-state index in [0.29, 0.717) is 24.7 Å². The Morgan fingerprint density at radius 1 is 1.08 bits per heavy atom. The summed E-state index contributed by atoms with van der Waals surface area (Å²) in [6, 6.07) is 7.46. The van der Waals surface area contributed by atoms with Crippen molar-refractivity contribution < 1.29 is 19.3 Å². The van der Waals surface area contributed by atoms with E-state index in [4.69, 9.17) is 14.5 Å². The largest absolute Gasteiger partial charge is 0.378 e. The van der Waals surface area contributed by atoms with E-state index in [1.54, 1.807) is 12.1 Å². The van der Waals surface area contributed by atoms with Crippen LogP contribution in [-0.4, -0.2) is 19.2 Å². The third kappa shape index (κ3) is 9.61. The molecular formula is C21H33O4. The van der Waals surface area contributed by atoms with E-state index < -0.39 is 5.97 Å². The average Bonchev–Trinajstić information content (AvgIpc) is 2.65. The molecule has 0 aliphatic heterocycles. The highest BCUT2D eigenvalue weighted by Crippen LogP contribution is 2.13. The van der Waals surface area contributed by atoms with Crippen molar-refractivity contribution in [1.82, 2.24) is 0 Å². The van der Waals surface area contributed by atoms with Crippen molar-refractivity contribution in [2.45, 2.75) is 65.7 Å². The molecule has 1 aromatic carbocycles. The van der Waals surface area contributed by atoms with Gasteiger partial charge >= 0.3 is 5.97 Å². The van der Waals surface area contributed by atoms with E-state index in [-0.39, 0.29) is 0 Å². The van der Waals surface area contributed by atoms with Gasteiger partial charge in [0.25, 0.3) is 0 Å². The molecule has 1 aromatic rings. The number of hydrogen-bond donors (Lipinski definition) is 0. The maximum absolute atomic E-state index is 11.9. The number of aryl methyl sites for hydroxylation is 1. The van der Waals surface area contributed by atoms with E-state index in [1.807, 2.05) is 12.1 Å². The van der Waals surface area contributed by atoms with Gasteiger partial charge in [0, 0.05) is 6.61 Å². The molecule has 0 fully saturated rings. The minimum Gasteiger partial charge on any atom is -0.378 e. The Balaban J connectivity index is 2.15. The van der Waals surface area contributed by atoms with Gasteiger partial charge in [0.15, 0.2) is 6.61 Å². The second-order valence-electron chi connectivity index (χ2n) is 6.39. The summed E-state index contributed by atoms with van der Waals surface area (Å²) in [6.45, 7) is 8.94. The first-order chi connectivity index (χ1) is 12.2. The molecule has 0 bridgehead atoms. The zero-order valence-corrected chi connectivity index (χ0v) is 16.0. The number of hydrogen-bond acceptors (Lipinski definition) is 4. The zero-order chi connectivity index (χ0) is 18.3. The molecule has 1 unspecified atom stereocenters. The SMILES string of the molecule is CCCCc1ccc(C(=O)OO[CH]COCC(CC)CCCC)cc1. The number of carbonyl (C=O) groups is 1. The van der Waals surface area contributed by atoms with Crippen LogP contribution in [0.2, 0.25) is 0 Å². The number of benzene rings is 1. The molecule has 0 saturated heterocycles. The van der Waals surface area contributed by atoms with Gasteiger partial charge in [-0.1, -0.05) is 58.6 Å². The second kappa shape index (κ2) is 13.9. The van der Waals surface area contributed by atoms with Crippen LogP contribution in [0.1, 0.15) is 75.2 Å². The summed E-state index contributed by atoms with van der Waals surface area (Å²) in [5.74, 6) is 0.0924. The van der Waals surface area contributed by atoms with Crippen LogP contribution in [0.4, 0.5) is 0 Å². The van der Waals surface area contributed by atoms with E-state index >= 15 is 0 Å². The van der Waals surface area contributed by atoms with Crippen LogP contribution < -0.4 is 0 Å². The van der Waals surface area contributed by atoms with Crippen LogP contribution in [0, 0.1) is 12.5 Å². The van der Waals surface area contributed by atoms with Crippen molar-refractivity contribution in [3.63, 3.8) is 0 Å². The maximum Gasteiger partial charge on any atom is 0.373 e. The summed E-state index contributed by atoms with van der Waals surface area (Å²) in [4.78, 5) is 21.5. The average molecular weight is 349 g/mol. The smallest absolute Gasteiger partial charge is 0.373 e. The number of carbonyl (C=O) groups excluding carboxylic acids is 1. The van der Waals surface area contributed by atoms with E-state index in [0.717, 1.165) is 25.7 Å². The van der Waals surface area contributed by atoms with E-state index in [9.17, 15) is 4.79 Å². The van der Waals surface area contributed by atoms with Gasteiger partial charge in [-0.2, -0.15) is 4.89 Å². The standard InChI is InChI=1S/C21H33O4/c1-4-7-9-18(6-3)17-23-15-16-24-25-21(22)20-13-11-19(12-14-20)10-8-5-2/h11-14,16,18H,4-10,15,17H2,1-3H3. The molecule has 0 aliphatic rings. The Kier molecular flexibility index (Phi) is 12.0. The van der Waals surface area contributed by atoms with Crippen LogP contribution in [-0.2, 0) is 20.9 Å². The normalized spacial score (nSPS) is 12.1. The molecule has 4 heteroatoms. The van der Waals surface area contributed by atoms with Gasteiger partial charge in [-0.25, -0.2) is 4.79 Å². The van der Waals surface area contributed by atoms with Crippen LogP contribution >= 0.6 is 0 Å². The topological polar surface area (TPSA) is 44.8 Å². The van der Waals surface area contributed by atoms with Crippen molar-refractivity contribution in [2.75, 3.05) is 13.2 Å². The van der Waals surface area contributed by atoms with Crippen molar-refractivity contribution in [1.29, 1.82) is 0 Å². The molecule has 0 heterocycles. The predicted molar refractivity (Wildman–Crippen MR) is 100.0 cm³/mol. The minimum absolute atomic E-state index is 0.311. The van der Waals surface area contributed by atoms with Crippen molar-refractivity contribution >= 4 is 5.97 Å². The van der Waals surface area contributed by atoms with Crippen LogP contribution in [0.15, 0.2) is 24.3 Å². The van der Waals surface area contributed by atoms with Gasteiger partial charge in [-0.3, -0.25) is 4.89 Å². The highest BCUT2D eigenvalue weighted by Gasteiger charge is 2.09. The summed E-state index contributed by atoms with van der Waals surface area (Å²) >= 11 is 0. The van der Waals surface area contributed by atoms with Crippen LogP contribution in [0.5, 0.6) is 0 Å². The van der Waals surface area contributed by atoms with Gasteiger partial charge in [0.1, 0.15) is 0 Å². The van der Waals surface area contributed by atoms with Gasteiger partial charge in [-0.05, 0) is 42.9 Å². The summed E-state index contributed by atoms with van der Waals surface area (Å²) < 4.78 is 5.55. The molecule has 141 valence electrons. The van der Waals surface area contributed by atoms with Gasteiger partial charge in [0.05, 0.1) is 12.2 Å². The molecule has 0 aliphatic carbocycles. The first-order valence-corrected chi connectivity index (χ1v) is 9.57. The summed E-state index contributed by atoms with van der Waals surface area (Å²) in [7, 11) is 0. The van der Waals surface area contributed by atoms with Gasteiger partial charge in [0.2, 0.25) is 0 Å². The lowest BCUT2D eigenvalue weighted by Crippen LogP contribution is -2.11. The van der Waals surface area contributed by atoms with Gasteiger partial charge < -0.3 is 4.74 Å². The van der Waals surface area contributed by atoms with Crippen molar-refractivity contribution in [3.05, 3.63) is 42.0 Å². The Morgan fingerprint density at radius 2 is 1.80 bits per heavy atom. The van der Waals surface area contributed by atoms with Crippen molar-refractivity contribution in [2.24, 2.45) is 5.92 Å². The molecule has 1 rings (SSSR count). The third-order valence-corrected chi connectivity index (χ3v) is 4.28. The molecule has 0 amide bonds. The predicted octanol–water partition coefficient (Wildman–Crippen LogP) is 5.51. The number of ether oxygens (including phenoxy) is 1. The lowest BCUT2D eigenvalue weighted by atomic mass is 10.0. The van der Waals surface area contributed by atoms with Crippen LogP contribution in [0.25, 0.3) is 0 Å². The molecule has 0 N–H and O–H groups in total. The fraction of sp³-hybridized carbons (Fsp3) is 0.619. The first-order valence-electron chi connectivity index (χ1n) is 9.57. The van der Waals surface area contributed by atoms with Gasteiger partial charge in [-0.15, -0.1) is 0 Å². The molecule has 25 heavy (non-hydrogen) atoms. The Hall–Kier alpha value is -1.39. The molecule has 1 radical (unpaired) electrons. The highest BCUT2D eigenvalue weighted by atomic mass is 17.2. The summed E-state index contributed by atoms with van der Waals surface area (Å²) in [5.41, 5.74) is 1.72. The van der Waals surface area contributed by atoms with Crippen molar-refractivity contribution in [3.8, 4) is 0 Å². The minimum atomic E-state index is -0.493. The Labute approximate surface area is 152 Å². The van der Waals surface area contributed by atoms with E-state index in [1.165, 1.54) is 31.4 Å². The first kappa shape index (κ1) is 21.7. The number of rotatable bonds is 14. The molecule has 4 nitrogen and oxygen atoms in total. The highest BCUT2D eigenvalue weighted by molar-refractivity contribution is 5.88. The fourth-order valence-electron chi connectivity index (χ4n) is 2.52. The second-order valence-corrected chi connectivity index (χ2v) is 6.39. The fourth-order valence-corrected chi connectivity index (χ4v) is 2.52. The summed E-state index contributed by atoms with van der Waals surface area (Å²) in [6.07, 6.45) is 8.09. The molecule has 0 saturated carbocycles. The summed E-state index contributed by atoms with van der Waals surface area (Å²) in [5, 5.41) is 0. The Morgan fingerprint density at radius 3 is 2.44 bits per heavy atom. The lowest BCUT2D eigenvalue weighted by molar-refractivity contribution is -0.218. The monoisotopic (exact) mass is 349 g/mol. The third-order valence-electron chi connectivity index (χ3n) is 4.28. The van der Waals surface area contributed by atoms with Crippen LogP contribution in [0.3, 0.4) is 0 Å². The molecule has 0 aromatic heterocycles. The molecule has 1 atom stereocenters. The molecular weight excluding hydrogens is 316 g/mol. The zero-order valence-electron chi connectivity index (χ0n) is 16.0. The number of unbranched alkanes of at least 4 members (excludes halogenated alkanes) is 2. The molecule has 0 spiro atoms. The maximum atomic E-state index is 11.9. The lowest BCUT2D eigenvalue weighted by Gasteiger charge is -2.14. The quantitative estimate of drug-likeness (QED) is 0.252. The Bertz CT molecular complexity index is 455. The van der Waals surface area contributed by atoms with E-state index in [2.05, 4.69) is 20.8 Å².